The maximum absolute atomic E-state index is 13.7. The molecule has 4 rings (SSSR count). The Morgan fingerprint density at radius 1 is 0.848 bits per heavy atom. The average molecular weight is 467 g/mol. The summed E-state index contributed by atoms with van der Waals surface area (Å²) in [7, 11) is 3.14. The maximum atomic E-state index is 13.7. The second kappa shape index (κ2) is 9.42. The lowest BCUT2D eigenvalue weighted by Gasteiger charge is -2.28. The van der Waals surface area contributed by atoms with E-state index in [1.54, 1.807) is 87.0 Å². The zero-order valence-corrected chi connectivity index (χ0v) is 19.0. The van der Waals surface area contributed by atoms with Crippen LogP contribution in [0.4, 0.5) is 4.79 Å². The number of benzene rings is 3. The fourth-order valence-corrected chi connectivity index (χ4v) is 4.01. The Balaban J connectivity index is 1.64. The highest BCUT2D eigenvalue weighted by Gasteiger charge is 2.53. The van der Waals surface area contributed by atoms with Gasteiger partial charge in [-0.25, -0.2) is 4.79 Å². The highest BCUT2D eigenvalue weighted by molar-refractivity contribution is 6.30. The van der Waals surface area contributed by atoms with Crippen LogP contribution in [0, 0.1) is 0 Å². The number of carbonyl (C=O) groups excluding carboxylic acids is 2. The minimum Gasteiger partial charge on any atom is -0.497 e. The van der Waals surface area contributed by atoms with E-state index in [-0.39, 0.29) is 13.2 Å². The van der Waals surface area contributed by atoms with Crippen LogP contribution in [0.1, 0.15) is 11.1 Å². The second-order valence-corrected chi connectivity index (χ2v) is 7.84. The maximum Gasteiger partial charge on any atom is 0.325 e. The van der Waals surface area contributed by atoms with E-state index in [0.717, 1.165) is 0 Å². The van der Waals surface area contributed by atoms with E-state index in [4.69, 9.17) is 25.8 Å². The molecule has 1 aliphatic heterocycles. The quantitative estimate of drug-likeness (QED) is 0.503. The van der Waals surface area contributed by atoms with E-state index in [1.165, 1.54) is 4.90 Å². The summed E-state index contributed by atoms with van der Waals surface area (Å²) in [5.41, 5.74) is -0.152. The van der Waals surface area contributed by atoms with Gasteiger partial charge in [0.25, 0.3) is 5.91 Å². The van der Waals surface area contributed by atoms with Crippen LogP contribution in [-0.4, -0.2) is 44.2 Å². The molecule has 0 aromatic heterocycles. The monoisotopic (exact) mass is 466 g/mol. The van der Waals surface area contributed by atoms with E-state index in [1.807, 2.05) is 0 Å². The number of hydrogen-bond acceptors (Lipinski definition) is 5. The van der Waals surface area contributed by atoms with Crippen LogP contribution in [0.5, 0.6) is 17.2 Å². The first kappa shape index (κ1) is 22.5. The van der Waals surface area contributed by atoms with E-state index in [9.17, 15) is 9.59 Å². The average Bonchev–Trinajstić information content (AvgIpc) is 3.10. The number of halogens is 1. The number of nitrogens with zero attached hydrogens (tertiary/aromatic N) is 1. The second-order valence-electron chi connectivity index (χ2n) is 7.40. The lowest BCUT2D eigenvalue weighted by atomic mass is 9.82. The molecule has 3 aromatic carbocycles. The number of imide groups is 1. The predicted octanol–water partition coefficient (Wildman–Crippen LogP) is 4.23. The topological polar surface area (TPSA) is 77.1 Å². The molecular formula is C25H23ClN2O5. The van der Waals surface area contributed by atoms with Gasteiger partial charge in [-0.1, -0.05) is 41.9 Å². The molecule has 0 aliphatic carbocycles. The molecule has 1 fully saturated rings. The van der Waals surface area contributed by atoms with Crippen molar-refractivity contribution in [1.82, 2.24) is 10.2 Å². The van der Waals surface area contributed by atoms with E-state index < -0.39 is 17.5 Å². The van der Waals surface area contributed by atoms with Gasteiger partial charge in [0, 0.05) is 5.02 Å². The molecule has 8 heteroatoms. The summed E-state index contributed by atoms with van der Waals surface area (Å²) in [6, 6.07) is 20.5. The van der Waals surface area contributed by atoms with Gasteiger partial charge in [-0.15, -0.1) is 0 Å². The Bertz CT molecular complexity index is 1100. The largest absolute Gasteiger partial charge is 0.497 e. The number of methoxy groups -OCH3 is 2. The van der Waals surface area contributed by atoms with Crippen molar-refractivity contribution in [2.75, 3.05) is 27.4 Å². The Kier molecular flexibility index (Phi) is 6.42. The van der Waals surface area contributed by atoms with Gasteiger partial charge in [-0.3, -0.25) is 9.69 Å². The molecule has 0 saturated carbocycles. The van der Waals surface area contributed by atoms with Gasteiger partial charge in [-0.2, -0.15) is 0 Å². The molecule has 1 saturated heterocycles. The summed E-state index contributed by atoms with van der Waals surface area (Å²) in [4.78, 5) is 27.9. The Morgan fingerprint density at radius 3 is 1.94 bits per heavy atom. The molecule has 0 bridgehead atoms. The third-order valence-electron chi connectivity index (χ3n) is 5.53. The van der Waals surface area contributed by atoms with Gasteiger partial charge in [0.15, 0.2) is 5.54 Å². The minimum atomic E-state index is -1.38. The van der Waals surface area contributed by atoms with Crippen LogP contribution in [-0.2, 0) is 10.3 Å². The molecule has 1 N–H and O–H groups in total. The molecule has 170 valence electrons. The number of urea groups is 1. The molecule has 0 spiro atoms. The van der Waals surface area contributed by atoms with Gasteiger partial charge in [0.2, 0.25) is 0 Å². The van der Waals surface area contributed by atoms with Crippen LogP contribution >= 0.6 is 11.6 Å². The van der Waals surface area contributed by atoms with Crippen molar-refractivity contribution in [3.63, 3.8) is 0 Å². The summed E-state index contributed by atoms with van der Waals surface area (Å²) in [6.45, 7) is 0.200. The summed E-state index contributed by atoms with van der Waals surface area (Å²) in [6.07, 6.45) is 0. The van der Waals surface area contributed by atoms with E-state index >= 15 is 0 Å². The molecule has 1 aliphatic rings. The SMILES string of the molecule is COc1ccc(C2(c3ccc(OC)cc3)NC(=O)N(CCOc3cccc(Cl)c3)C2=O)cc1. The van der Waals surface area contributed by atoms with E-state index in [2.05, 4.69) is 5.32 Å². The van der Waals surface area contributed by atoms with Crippen LogP contribution in [0.15, 0.2) is 72.8 Å². The predicted molar refractivity (Wildman–Crippen MR) is 124 cm³/mol. The Hall–Kier alpha value is -3.71. The van der Waals surface area contributed by atoms with Crippen LogP contribution in [0.3, 0.4) is 0 Å². The number of rotatable bonds is 8. The number of nitrogens with one attached hydrogen (secondary N) is 1. The lowest BCUT2D eigenvalue weighted by Crippen LogP contribution is -2.45. The van der Waals surface area contributed by atoms with Crippen molar-refractivity contribution in [1.29, 1.82) is 0 Å². The Labute approximate surface area is 196 Å². The van der Waals surface area contributed by atoms with Crippen molar-refractivity contribution < 1.29 is 23.8 Å². The Morgan fingerprint density at radius 2 is 1.42 bits per heavy atom. The van der Waals surface area contributed by atoms with Crippen LogP contribution < -0.4 is 19.5 Å². The third-order valence-corrected chi connectivity index (χ3v) is 5.77. The van der Waals surface area contributed by atoms with Gasteiger partial charge >= 0.3 is 6.03 Å². The van der Waals surface area contributed by atoms with Gasteiger partial charge < -0.3 is 19.5 Å². The molecule has 0 radical (unpaired) electrons. The van der Waals surface area contributed by atoms with Crippen molar-refractivity contribution in [3.8, 4) is 17.2 Å². The number of carbonyl (C=O) groups is 2. The van der Waals surface area contributed by atoms with Crippen molar-refractivity contribution in [3.05, 3.63) is 88.9 Å². The highest BCUT2D eigenvalue weighted by atomic mass is 35.5. The minimum absolute atomic E-state index is 0.0746. The van der Waals surface area contributed by atoms with Crippen molar-refractivity contribution in [2.24, 2.45) is 0 Å². The molecule has 33 heavy (non-hydrogen) atoms. The van der Waals surface area contributed by atoms with Gasteiger partial charge in [0.1, 0.15) is 23.9 Å². The smallest absolute Gasteiger partial charge is 0.325 e. The first-order valence-electron chi connectivity index (χ1n) is 10.3. The molecule has 3 amide bonds. The fourth-order valence-electron chi connectivity index (χ4n) is 3.83. The third kappa shape index (κ3) is 4.32. The van der Waals surface area contributed by atoms with Crippen molar-refractivity contribution >= 4 is 23.5 Å². The van der Waals surface area contributed by atoms with Gasteiger partial charge in [0.05, 0.1) is 20.8 Å². The van der Waals surface area contributed by atoms with E-state index in [0.29, 0.717) is 33.4 Å². The normalized spacial score (nSPS) is 14.7. The molecule has 0 unspecified atom stereocenters. The first-order chi connectivity index (χ1) is 16.0. The first-order valence-corrected chi connectivity index (χ1v) is 10.7. The summed E-state index contributed by atoms with van der Waals surface area (Å²) >= 11 is 5.99. The zero-order valence-electron chi connectivity index (χ0n) is 18.2. The summed E-state index contributed by atoms with van der Waals surface area (Å²) in [5, 5.41) is 3.45. The lowest BCUT2D eigenvalue weighted by molar-refractivity contribution is -0.130. The standard InChI is InChI=1S/C25H23ClN2O5/c1-31-20-10-6-17(7-11-20)25(18-8-12-21(32-2)13-9-18)23(29)28(24(30)27-25)14-15-33-22-5-3-4-19(26)16-22/h3-13,16H,14-15H2,1-2H3,(H,27,30). The fraction of sp³-hybridized carbons (Fsp3) is 0.200. The van der Waals surface area contributed by atoms with Gasteiger partial charge in [-0.05, 0) is 53.6 Å². The summed E-state index contributed by atoms with van der Waals surface area (Å²) in [5.74, 6) is 1.46. The number of hydrogen-bond donors (Lipinski definition) is 1. The molecular weight excluding hydrogens is 444 g/mol. The number of amides is 3. The summed E-state index contributed by atoms with van der Waals surface area (Å²) < 4.78 is 16.2. The van der Waals surface area contributed by atoms with Crippen LogP contribution in [0.25, 0.3) is 0 Å². The molecule has 0 atom stereocenters. The molecule has 7 nitrogen and oxygen atoms in total. The zero-order chi connectivity index (χ0) is 23.4. The number of ether oxygens (including phenoxy) is 3. The molecule has 3 aromatic rings. The van der Waals surface area contributed by atoms with Crippen LogP contribution in [0.2, 0.25) is 5.02 Å². The molecule has 1 heterocycles. The van der Waals surface area contributed by atoms with Crippen molar-refractivity contribution in [2.45, 2.75) is 5.54 Å². The highest BCUT2D eigenvalue weighted by Crippen LogP contribution is 2.37.